The van der Waals surface area contributed by atoms with Crippen LogP contribution in [0.2, 0.25) is 0 Å². The van der Waals surface area contributed by atoms with Gasteiger partial charge in [0, 0.05) is 36.9 Å². The molecule has 0 spiro atoms. The number of hydrogen-bond donors (Lipinski definition) is 2. The number of pyridine rings is 1. The highest BCUT2D eigenvalue weighted by atomic mass is 32.1. The molecule has 2 bridgehead atoms. The average Bonchev–Trinajstić information content (AvgIpc) is 3.51. The summed E-state index contributed by atoms with van der Waals surface area (Å²) in [4.78, 5) is 19.5. The minimum atomic E-state index is -0.433. The number of fused-ring (bicyclic) bond motifs is 3. The van der Waals surface area contributed by atoms with E-state index in [0.29, 0.717) is 23.1 Å². The molecule has 2 aliphatic carbocycles. The number of aromatic nitrogens is 5. The van der Waals surface area contributed by atoms with E-state index in [1.54, 1.807) is 23.7 Å². The first-order valence-electron chi connectivity index (χ1n) is 13.9. The highest BCUT2D eigenvalue weighted by Gasteiger charge is 2.45. The number of amides is 1. The number of nitrogens with zero attached hydrogens (tertiary/aromatic N) is 8. The fourth-order valence-electron chi connectivity index (χ4n) is 6.10. The van der Waals surface area contributed by atoms with E-state index in [-0.39, 0.29) is 17.9 Å². The average molecular weight is 565 g/mol. The van der Waals surface area contributed by atoms with Crippen LogP contribution in [-0.4, -0.2) is 55.9 Å². The van der Waals surface area contributed by atoms with Gasteiger partial charge in [0.2, 0.25) is 11.0 Å². The maximum atomic E-state index is 12.4. The van der Waals surface area contributed by atoms with E-state index in [4.69, 9.17) is 4.98 Å². The summed E-state index contributed by atoms with van der Waals surface area (Å²) < 4.78 is 1.74. The summed E-state index contributed by atoms with van der Waals surface area (Å²) in [5.41, 5.74) is 4.24. The van der Waals surface area contributed by atoms with Crippen molar-refractivity contribution in [2.45, 2.75) is 44.7 Å². The number of hydrogen-bond acceptors (Lipinski definition) is 10. The van der Waals surface area contributed by atoms with Gasteiger partial charge in [0.1, 0.15) is 12.1 Å². The van der Waals surface area contributed by atoms with E-state index in [1.165, 1.54) is 17.5 Å². The molecule has 4 aromatic rings. The van der Waals surface area contributed by atoms with Crippen molar-refractivity contribution >= 4 is 33.6 Å². The lowest BCUT2D eigenvalue weighted by Crippen LogP contribution is -2.53. The zero-order valence-corrected chi connectivity index (χ0v) is 23.3. The van der Waals surface area contributed by atoms with Crippen LogP contribution in [0.15, 0.2) is 36.7 Å². The van der Waals surface area contributed by atoms with Crippen LogP contribution in [0.4, 0.5) is 10.8 Å². The van der Waals surface area contributed by atoms with Gasteiger partial charge in [-0.3, -0.25) is 9.78 Å². The van der Waals surface area contributed by atoms with Gasteiger partial charge in [0.05, 0.1) is 40.3 Å². The predicted octanol–water partition coefficient (Wildman–Crippen LogP) is 3.85. The van der Waals surface area contributed by atoms with Crippen LogP contribution >= 0.6 is 11.3 Å². The number of piperidine rings is 1. The lowest BCUT2D eigenvalue weighted by Gasteiger charge is -2.38. The van der Waals surface area contributed by atoms with Gasteiger partial charge in [0.15, 0.2) is 5.01 Å². The van der Waals surface area contributed by atoms with Crippen LogP contribution in [0.5, 0.6) is 0 Å². The quantitative estimate of drug-likeness (QED) is 0.341. The second-order valence-electron chi connectivity index (χ2n) is 11.2. The Labute approximate surface area is 240 Å². The fourth-order valence-corrected chi connectivity index (χ4v) is 6.99. The highest BCUT2D eigenvalue weighted by Crippen LogP contribution is 2.42. The zero-order valence-electron chi connectivity index (χ0n) is 22.5. The summed E-state index contributed by atoms with van der Waals surface area (Å²) in [7, 11) is 0. The van der Waals surface area contributed by atoms with Crippen molar-refractivity contribution in [2.24, 2.45) is 17.8 Å². The van der Waals surface area contributed by atoms with E-state index in [9.17, 15) is 15.3 Å². The molecule has 0 unspecified atom stereocenters. The van der Waals surface area contributed by atoms with Crippen LogP contribution in [-0.2, 0) is 4.79 Å². The molecule has 1 aliphatic heterocycles. The maximum Gasteiger partial charge on any atom is 0.223 e. The number of anilines is 2. The molecule has 206 valence electrons. The van der Waals surface area contributed by atoms with Crippen LogP contribution < -0.4 is 15.5 Å². The highest BCUT2D eigenvalue weighted by molar-refractivity contribution is 7.18. The molecule has 2 saturated carbocycles. The fraction of sp³-hybridized carbons (Fsp3) is 0.414. The van der Waals surface area contributed by atoms with Gasteiger partial charge in [-0.25, -0.2) is 4.52 Å². The maximum absolute atomic E-state index is 12.4. The van der Waals surface area contributed by atoms with Crippen LogP contribution in [0.25, 0.3) is 27.5 Å². The molecule has 1 saturated heterocycles. The van der Waals surface area contributed by atoms with Crippen molar-refractivity contribution < 1.29 is 4.79 Å². The summed E-state index contributed by atoms with van der Waals surface area (Å²) in [6.07, 6.45) is 7.58. The normalized spacial score (nSPS) is 22.2. The Morgan fingerprint density at radius 1 is 1.10 bits per heavy atom. The molecule has 3 aliphatic rings. The molecular formula is C29H28N10OS. The molecule has 5 heterocycles. The van der Waals surface area contributed by atoms with Crippen LogP contribution in [0.3, 0.4) is 0 Å². The Balaban J connectivity index is 1.15. The van der Waals surface area contributed by atoms with Crippen LogP contribution in [0.1, 0.15) is 38.2 Å². The van der Waals surface area contributed by atoms with Gasteiger partial charge in [-0.15, -0.1) is 10.2 Å². The Morgan fingerprint density at radius 3 is 2.63 bits per heavy atom. The largest absolute Gasteiger partial charge is 0.369 e. The second-order valence-corrected chi connectivity index (χ2v) is 12.2. The summed E-state index contributed by atoms with van der Waals surface area (Å²) in [6, 6.07) is 11.7. The second kappa shape index (κ2) is 10.1. The van der Waals surface area contributed by atoms with Gasteiger partial charge >= 0.3 is 0 Å². The molecule has 11 nitrogen and oxygen atoms in total. The lowest BCUT2D eigenvalue weighted by atomic mass is 9.92. The zero-order chi connectivity index (χ0) is 28.1. The molecule has 1 amide bonds. The van der Waals surface area contributed by atoms with Crippen molar-refractivity contribution in [1.82, 2.24) is 30.1 Å². The third-order valence-corrected chi connectivity index (χ3v) is 9.38. The van der Waals surface area contributed by atoms with E-state index < -0.39 is 6.04 Å². The molecule has 4 atom stereocenters. The number of nitrogens with one attached hydrogen (secondary N) is 2. The standard InChI is InChI=1S/C29H28N10OS/c1-16(10-30)34-23-9-24(25-7-6-21-8-17(11-31)12-33-39(21)25)32-13-22(23)28-36-37-29(41-28)38-14-19-4-5-20(15-38)26(19)35-27(40)18-2-3-18/h6-9,12-13,16,18-20,26H,2-5,14-15H2,1H3,(H,32,34)(H,35,40)/t16-,19-,20+,26+/m1/s1. The molecule has 0 radical (unpaired) electrons. The molecule has 12 heteroatoms. The van der Waals surface area contributed by atoms with Gasteiger partial charge in [-0.1, -0.05) is 11.3 Å². The topological polar surface area (TPSA) is 148 Å². The van der Waals surface area contributed by atoms with Gasteiger partial charge in [-0.05, 0) is 68.7 Å². The van der Waals surface area contributed by atoms with Crippen molar-refractivity contribution in [3.05, 3.63) is 42.2 Å². The van der Waals surface area contributed by atoms with Crippen LogP contribution in [0, 0.1) is 40.4 Å². The first kappa shape index (κ1) is 25.4. The van der Waals surface area contributed by atoms with E-state index >= 15 is 0 Å². The SMILES string of the molecule is C[C@H](C#N)Nc1cc(-c2ccc3cc(C#N)cnn23)ncc1-c1nnc(N2C[C@H]3CC[C@@H](C2)[C@H]3NC(=O)C2CC2)s1. The lowest BCUT2D eigenvalue weighted by molar-refractivity contribution is -0.123. The van der Waals surface area contributed by atoms with E-state index in [1.807, 2.05) is 18.2 Å². The minimum Gasteiger partial charge on any atom is -0.369 e. The van der Waals surface area contributed by atoms with Crippen molar-refractivity contribution in [3.63, 3.8) is 0 Å². The van der Waals surface area contributed by atoms with Gasteiger partial charge < -0.3 is 15.5 Å². The number of carbonyl (C=O) groups excluding carboxylic acids is 1. The molecule has 41 heavy (non-hydrogen) atoms. The third-order valence-electron chi connectivity index (χ3n) is 8.37. The first-order valence-corrected chi connectivity index (χ1v) is 14.8. The molecule has 7 rings (SSSR count). The Hall–Kier alpha value is -4.55. The van der Waals surface area contributed by atoms with Crippen molar-refractivity contribution in [2.75, 3.05) is 23.3 Å². The summed E-state index contributed by atoms with van der Waals surface area (Å²) in [6.45, 7) is 3.52. The van der Waals surface area contributed by atoms with E-state index in [2.05, 4.69) is 43.0 Å². The van der Waals surface area contributed by atoms with Gasteiger partial charge in [0.25, 0.3) is 0 Å². The minimum absolute atomic E-state index is 0.230. The van der Waals surface area contributed by atoms with Crippen molar-refractivity contribution in [3.8, 4) is 34.1 Å². The number of nitriles is 2. The monoisotopic (exact) mass is 564 g/mol. The predicted molar refractivity (Wildman–Crippen MR) is 154 cm³/mol. The molecule has 2 N–H and O–H groups in total. The summed E-state index contributed by atoms with van der Waals surface area (Å²) in [5, 5.41) is 40.4. The molecule has 0 aromatic carbocycles. The molecule has 4 aromatic heterocycles. The summed E-state index contributed by atoms with van der Waals surface area (Å²) >= 11 is 1.52. The third kappa shape index (κ3) is 4.74. The molecular weight excluding hydrogens is 536 g/mol. The first-order chi connectivity index (χ1) is 20.0. The van der Waals surface area contributed by atoms with Crippen molar-refractivity contribution in [1.29, 1.82) is 10.5 Å². The van der Waals surface area contributed by atoms with E-state index in [0.717, 1.165) is 71.4 Å². The Morgan fingerprint density at radius 2 is 1.90 bits per heavy atom. The number of carbonyl (C=O) groups is 1. The Bertz CT molecular complexity index is 1710. The smallest absolute Gasteiger partial charge is 0.223 e. The molecule has 3 fully saturated rings. The van der Waals surface area contributed by atoms with Gasteiger partial charge in [-0.2, -0.15) is 15.6 Å². The number of rotatable bonds is 7. The Kier molecular flexibility index (Phi) is 6.28. The summed E-state index contributed by atoms with van der Waals surface area (Å²) in [5.74, 6) is 1.31.